The maximum absolute atomic E-state index is 12.5. The van der Waals surface area contributed by atoms with Crippen molar-refractivity contribution in [3.63, 3.8) is 0 Å². The summed E-state index contributed by atoms with van der Waals surface area (Å²) < 4.78 is 17.9. The average Bonchev–Trinajstić information content (AvgIpc) is 2.33. The second-order valence-corrected chi connectivity index (χ2v) is 4.03. The molecule has 2 rings (SSSR count). The second kappa shape index (κ2) is 5.75. The summed E-state index contributed by atoms with van der Waals surface area (Å²) in [4.78, 5) is 7.47. The van der Waals surface area contributed by atoms with Gasteiger partial charge in [0.15, 0.2) is 5.82 Å². The summed E-state index contributed by atoms with van der Waals surface area (Å²) in [5, 5.41) is 3.35. The van der Waals surface area contributed by atoms with Crippen LogP contribution in [0.4, 0.5) is 4.39 Å². The fraction of sp³-hybridized carbons (Fsp3) is 0.636. The first-order valence-electron chi connectivity index (χ1n) is 5.65. The van der Waals surface area contributed by atoms with Crippen molar-refractivity contribution in [1.29, 1.82) is 0 Å². The van der Waals surface area contributed by atoms with Crippen LogP contribution in [0.5, 0.6) is 6.01 Å². The van der Waals surface area contributed by atoms with Crippen LogP contribution in [0, 0.1) is 11.7 Å². The SMILES string of the molecule is Fc1cnc(OCC[C@H]2CCCNC2)nc1. The van der Waals surface area contributed by atoms with Crippen LogP contribution in [0.2, 0.25) is 0 Å². The predicted octanol–water partition coefficient (Wildman–Crippen LogP) is 1.38. The molecule has 0 aromatic carbocycles. The highest BCUT2D eigenvalue weighted by molar-refractivity contribution is 4.95. The van der Waals surface area contributed by atoms with Gasteiger partial charge in [0.2, 0.25) is 0 Å². The van der Waals surface area contributed by atoms with Gasteiger partial charge in [0, 0.05) is 0 Å². The van der Waals surface area contributed by atoms with Crippen LogP contribution in [0.3, 0.4) is 0 Å². The van der Waals surface area contributed by atoms with Gasteiger partial charge in [0.05, 0.1) is 19.0 Å². The van der Waals surface area contributed by atoms with Crippen LogP contribution in [0.15, 0.2) is 12.4 Å². The number of nitrogens with zero attached hydrogens (tertiary/aromatic N) is 2. The van der Waals surface area contributed by atoms with Gasteiger partial charge in [-0.2, -0.15) is 0 Å². The number of ether oxygens (including phenoxy) is 1. The molecule has 0 spiro atoms. The number of hydrogen-bond acceptors (Lipinski definition) is 4. The third-order valence-electron chi connectivity index (χ3n) is 2.75. The van der Waals surface area contributed by atoms with E-state index in [2.05, 4.69) is 15.3 Å². The molecule has 1 fully saturated rings. The number of rotatable bonds is 4. The van der Waals surface area contributed by atoms with Crippen molar-refractivity contribution in [3.05, 3.63) is 18.2 Å². The lowest BCUT2D eigenvalue weighted by Crippen LogP contribution is -2.30. The van der Waals surface area contributed by atoms with E-state index in [1.54, 1.807) is 0 Å². The topological polar surface area (TPSA) is 47.0 Å². The van der Waals surface area contributed by atoms with Crippen LogP contribution in [0.25, 0.3) is 0 Å². The summed E-state index contributed by atoms with van der Waals surface area (Å²) in [6.07, 6.45) is 5.71. The van der Waals surface area contributed by atoms with E-state index in [0.717, 1.165) is 31.9 Å². The molecule has 1 aliphatic rings. The van der Waals surface area contributed by atoms with E-state index >= 15 is 0 Å². The molecule has 2 heterocycles. The van der Waals surface area contributed by atoms with Crippen molar-refractivity contribution < 1.29 is 9.13 Å². The second-order valence-electron chi connectivity index (χ2n) is 4.03. The molecule has 1 aromatic heterocycles. The zero-order valence-electron chi connectivity index (χ0n) is 9.16. The van der Waals surface area contributed by atoms with E-state index in [-0.39, 0.29) is 6.01 Å². The van der Waals surface area contributed by atoms with Crippen molar-refractivity contribution >= 4 is 0 Å². The van der Waals surface area contributed by atoms with Crippen molar-refractivity contribution in [2.45, 2.75) is 19.3 Å². The Morgan fingerprint density at radius 3 is 2.94 bits per heavy atom. The van der Waals surface area contributed by atoms with E-state index in [1.807, 2.05) is 0 Å². The van der Waals surface area contributed by atoms with Crippen molar-refractivity contribution in [2.24, 2.45) is 5.92 Å². The summed E-state index contributed by atoms with van der Waals surface area (Å²) in [6.45, 7) is 2.78. The van der Waals surface area contributed by atoms with Crippen LogP contribution < -0.4 is 10.1 Å². The minimum Gasteiger partial charge on any atom is -0.463 e. The van der Waals surface area contributed by atoms with Crippen LogP contribution in [-0.2, 0) is 0 Å². The fourth-order valence-corrected chi connectivity index (χ4v) is 1.86. The van der Waals surface area contributed by atoms with Gasteiger partial charge < -0.3 is 10.1 Å². The summed E-state index contributed by atoms with van der Waals surface area (Å²) in [5.41, 5.74) is 0. The summed E-state index contributed by atoms with van der Waals surface area (Å²) >= 11 is 0. The minimum atomic E-state index is -0.441. The third-order valence-corrected chi connectivity index (χ3v) is 2.75. The molecule has 0 saturated carbocycles. The molecule has 1 N–H and O–H groups in total. The molecule has 0 unspecified atom stereocenters. The normalized spacial score (nSPS) is 20.7. The fourth-order valence-electron chi connectivity index (χ4n) is 1.86. The van der Waals surface area contributed by atoms with Crippen molar-refractivity contribution in [3.8, 4) is 6.01 Å². The maximum Gasteiger partial charge on any atom is 0.316 e. The molecular weight excluding hydrogens is 209 g/mol. The Morgan fingerprint density at radius 1 is 1.44 bits per heavy atom. The molecule has 5 heteroatoms. The Balaban J connectivity index is 1.69. The standard InChI is InChI=1S/C11H16FN3O/c12-10-7-14-11(15-8-10)16-5-3-9-2-1-4-13-6-9/h7-9,13H,1-6H2/t9-/m1/s1. The van der Waals surface area contributed by atoms with Gasteiger partial charge in [0.25, 0.3) is 0 Å². The first-order valence-corrected chi connectivity index (χ1v) is 5.65. The molecule has 0 radical (unpaired) electrons. The number of halogens is 1. The first kappa shape index (κ1) is 11.3. The predicted molar refractivity (Wildman–Crippen MR) is 57.7 cm³/mol. The average molecular weight is 225 g/mol. The van der Waals surface area contributed by atoms with Gasteiger partial charge >= 0.3 is 6.01 Å². The van der Waals surface area contributed by atoms with E-state index in [9.17, 15) is 4.39 Å². The molecular formula is C11H16FN3O. The summed E-state index contributed by atoms with van der Waals surface area (Å²) in [5.74, 6) is 0.234. The Bertz CT molecular complexity index is 312. The number of piperidine rings is 1. The minimum absolute atomic E-state index is 0.255. The molecule has 0 aliphatic carbocycles. The van der Waals surface area contributed by atoms with Gasteiger partial charge in [-0.1, -0.05) is 0 Å². The molecule has 1 aromatic rings. The Kier molecular flexibility index (Phi) is 4.04. The van der Waals surface area contributed by atoms with E-state index in [4.69, 9.17) is 4.74 Å². The first-order chi connectivity index (χ1) is 7.84. The lowest BCUT2D eigenvalue weighted by atomic mass is 9.97. The highest BCUT2D eigenvalue weighted by Crippen LogP contribution is 2.14. The van der Waals surface area contributed by atoms with Gasteiger partial charge in [-0.05, 0) is 38.3 Å². The Hall–Kier alpha value is -1.23. The summed E-state index contributed by atoms with van der Waals surface area (Å²) in [7, 11) is 0. The smallest absolute Gasteiger partial charge is 0.316 e. The molecule has 4 nitrogen and oxygen atoms in total. The molecule has 1 atom stereocenters. The number of nitrogens with one attached hydrogen (secondary N) is 1. The Labute approximate surface area is 94.2 Å². The van der Waals surface area contributed by atoms with E-state index in [0.29, 0.717) is 12.5 Å². The zero-order chi connectivity index (χ0) is 11.2. The maximum atomic E-state index is 12.5. The molecule has 88 valence electrons. The lowest BCUT2D eigenvalue weighted by Gasteiger charge is -2.22. The largest absolute Gasteiger partial charge is 0.463 e. The van der Waals surface area contributed by atoms with Crippen molar-refractivity contribution in [2.75, 3.05) is 19.7 Å². The highest BCUT2D eigenvalue weighted by atomic mass is 19.1. The highest BCUT2D eigenvalue weighted by Gasteiger charge is 2.12. The monoisotopic (exact) mass is 225 g/mol. The molecule has 1 aliphatic heterocycles. The molecule has 1 saturated heterocycles. The quantitative estimate of drug-likeness (QED) is 0.841. The van der Waals surface area contributed by atoms with Crippen LogP contribution in [-0.4, -0.2) is 29.7 Å². The molecule has 0 bridgehead atoms. The lowest BCUT2D eigenvalue weighted by molar-refractivity contribution is 0.239. The van der Waals surface area contributed by atoms with E-state index in [1.165, 1.54) is 12.8 Å². The van der Waals surface area contributed by atoms with Crippen LogP contribution >= 0.6 is 0 Å². The van der Waals surface area contributed by atoms with Gasteiger partial charge in [0.1, 0.15) is 0 Å². The number of hydrogen-bond donors (Lipinski definition) is 1. The number of aromatic nitrogens is 2. The van der Waals surface area contributed by atoms with Gasteiger partial charge in [-0.15, -0.1) is 0 Å². The van der Waals surface area contributed by atoms with Crippen molar-refractivity contribution in [1.82, 2.24) is 15.3 Å². The third kappa shape index (κ3) is 3.41. The molecule has 0 amide bonds. The molecule has 16 heavy (non-hydrogen) atoms. The zero-order valence-corrected chi connectivity index (χ0v) is 9.16. The van der Waals surface area contributed by atoms with Gasteiger partial charge in [-0.3, -0.25) is 0 Å². The van der Waals surface area contributed by atoms with Crippen LogP contribution in [0.1, 0.15) is 19.3 Å². The van der Waals surface area contributed by atoms with E-state index < -0.39 is 5.82 Å². The summed E-state index contributed by atoms with van der Waals surface area (Å²) in [6, 6.07) is 0.255. The Morgan fingerprint density at radius 2 is 2.25 bits per heavy atom. The van der Waals surface area contributed by atoms with Gasteiger partial charge in [-0.25, -0.2) is 14.4 Å².